The smallest absolute Gasteiger partial charge is 0.264 e. The molecule has 9 nitrogen and oxygen atoms in total. The van der Waals surface area contributed by atoms with Crippen LogP contribution in [0.2, 0.25) is 0 Å². The molecule has 1 heterocycles. The molecule has 1 aromatic heterocycles. The molecule has 0 atom stereocenters. The molecule has 2 aromatic carbocycles. The lowest BCUT2D eigenvalue weighted by molar-refractivity contribution is -0.121. The van der Waals surface area contributed by atoms with E-state index >= 15 is 0 Å². The number of nitrogens with zero attached hydrogens (tertiary/aromatic N) is 2. The van der Waals surface area contributed by atoms with E-state index in [0.29, 0.717) is 18.0 Å². The van der Waals surface area contributed by atoms with Gasteiger partial charge in [-0.2, -0.15) is 0 Å². The molecule has 0 unspecified atom stereocenters. The van der Waals surface area contributed by atoms with Crippen LogP contribution in [0.15, 0.2) is 78.0 Å². The lowest BCUT2D eigenvalue weighted by atomic mass is 10.2. The van der Waals surface area contributed by atoms with Crippen LogP contribution >= 0.6 is 0 Å². The SMILES string of the molecule is COc1ccc(N(C)S(=O)(=O)c2cccc(C(=O)NCCC(=O)NCc3ccncc3)c2)cc1. The molecule has 2 N–H and O–H groups in total. The Morgan fingerprint density at radius 2 is 1.71 bits per heavy atom. The van der Waals surface area contributed by atoms with Crippen molar-refractivity contribution in [2.24, 2.45) is 0 Å². The van der Waals surface area contributed by atoms with Crippen LogP contribution in [0.3, 0.4) is 0 Å². The first-order valence-corrected chi connectivity index (χ1v) is 11.9. The largest absolute Gasteiger partial charge is 0.497 e. The summed E-state index contributed by atoms with van der Waals surface area (Å²) in [6, 6.07) is 16.0. The third-order valence-corrected chi connectivity index (χ3v) is 6.85. The van der Waals surface area contributed by atoms with Gasteiger partial charge in [-0.1, -0.05) is 6.07 Å². The van der Waals surface area contributed by atoms with Gasteiger partial charge in [0.25, 0.3) is 15.9 Å². The summed E-state index contributed by atoms with van der Waals surface area (Å²) in [6.07, 6.45) is 3.38. The van der Waals surface area contributed by atoms with E-state index in [0.717, 1.165) is 9.87 Å². The summed E-state index contributed by atoms with van der Waals surface area (Å²) in [6.45, 7) is 0.487. The van der Waals surface area contributed by atoms with Crippen molar-refractivity contribution < 1.29 is 22.7 Å². The first-order valence-electron chi connectivity index (χ1n) is 10.5. The number of nitrogens with one attached hydrogen (secondary N) is 2. The molecule has 0 aliphatic heterocycles. The number of carbonyl (C=O) groups excluding carboxylic acids is 2. The number of aromatic nitrogens is 1. The number of hydrogen-bond donors (Lipinski definition) is 2. The molecular weight excluding hydrogens is 456 g/mol. The van der Waals surface area contributed by atoms with Crippen molar-refractivity contribution in [3.05, 3.63) is 84.2 Å². The number of carbonyl (C=O) groups is 2. The Balaban J connectivity index is 1.58. The van der Waals surface area contributed by atoms with Gasteiger partial charge in [0, 0.05) is 44.5 Å². The van der Waals surface area contributed by atoms with E-state index in [1.54, 1.807) is 48.8 Å². The van der Waals surface area contributed by atoms with Crippen LogP contribution in [0.25, 0.3) is 0 Å². The van der Waals surface area contributed by atoms with E-state index in [1.165, 1.54) is 38.4 Å². The predicted molar refractivity (Wildman–Crippen MR) is 128 cm³/mol. The number of methoxy groups -OCH3 is 1. The molecule has 0 fully saturated rings. The highest BCUT2D eigenvalue weighted by Crippen LogP contribution is 2.24. The molecule has 10 heteroatoms. The summed E-state index contributed by atoms with van der Waals surface area (Å²) in [5.74, 6) is -0.0695. The zero-order chi connectivity index (χ0) is 24.6. The van der Waals surface area contributed by atoms with Gasteiger partial charge in [0.15, 0.2) is 0 Å². The van der Waals surface area contributed by atoms with Crippen LogP contribution < -0.4 is 19.7 Å². The van der Waals surface area contributed by atoms with Gasteiger partial charge < -0.3 is 15.4 Å². The second-order valence-electron chi connectivity index (χ2n) is 7.34. The standard InChI is InChI=1S/C24H26N4O5S/c1-28(20-6-8-21(33-2)9-7-20)34(31,32)22-5-3-4-19(16-22)24(30)26-15-12-23(29)27-17-18-10-13-25-14-11-18/h3-11,13-14,16H,12,15,17H2,1-2H3,(H,26,30)(H,27,29). The normalized spacial score (nSPS) is 10.9. The second-order valence-corrected chi connectivity index (χ2v) is 9.31. The van der Waals surface area contributed by atoms with Crippen molar-refractivity contribution in [3.63, 3.8) is 0 Å². The van der Waals surface area contributed by atoms with Gasteiger partial charge in [-0.05, 0) is 60.2 Å². The van der Waals surface area contributed by atoms with Gasteiger partial charge in [-0.25, -0.2) is 8.42 Å². The lowest BCUT2D eigenvalue weighted by Crippen LogP contribution is -2.31. The van der Waals surface area contributed by atoms with E-state index in [2.05, 4.69) is 15.6 Å². The third-order valence-electron chi connectivity index (χ3n) is 5.07. The average molecular weight is 483 g/mol. The minimum absolute atomic E-state index is 0.0198. The molecular formula is C24H26N4O5S. The van der Waals surface area contributed by atoms with Crippen molar-refractivity contribution in [3.8, 4) is 5.75 Å². The first kappa shape index (κ1) is 24.7. The van der Waals surface area contributed by atoms with E-state index in [-0.39, 0.29) is 29.3 Å². The first-order chi connectivity index (χ1) is 16.3. The summed E-state index contributed by atoms with van der Waals surface area (Å²) in [7, 11) is -0.924. The molecule has 0 aliphatic rings. The number of anilines is 1. The Labute approximate surface area is 198 Å². The fraction of sp³-hybridized carbons (Fsp3) is 0.208. The maximum Gasteiger partial charge on any atom is 0.264 e. The van der Waals surface area contributed by atoms with Crippen molar-refractivity contribution in [1.29, 1.82) is 0 Å². The highest BCUT2D eigenvalue weighted by molar-refractivity contribution is 7.92. The van der Waals surface area contributed by atoms with Crippen LogP contribution in [0.5, 0.6) is 5.75 Å². The summed E-state index contributed by atoms with van der Waals surface area (Å²) in [5.41, 5.74) is 1.56. The van der Waals surface area contributed by atoms with Crippen LogP contribution in [0.4, 0.5) is 5.69 Å². The van der Waals surface area contributed by atoms with Gasteiger partial charge in [0.2, 0.25) is 5.91 Å². The second kappa shape index (κ2) is 11.3. The number of benzene rings is 2. The van der Waals surface area contributed by atoms with E-state index < -0.39 is 15.9 Å². The average Bonchev–Trinajstić information content (AvgIpc) is 2.87. The number of ether oxygens (including phenoxy) is 1. The monoisotopic (exact) mass is 482 g/mol. The highest BCUT2D eigenvalue weighted by atomic mass is 32.2. The molecule has 0 aliphatic carbocycles. The Morgan fingerprint density at radius 3 is 2.38 bits per heavy atom. The van der Waals surface area contributed by atoms with E-state index in [4.69, 9.17) is 4.74 Å². The summed E-state index contributed by atoms with van der Waals surface area (Å²) < 4.78 is 32.4. The minimum atomic E-state index is -3.89. The Hall–Kier alpha value is -3.92. The van der Waals surface area contributed by atoms with Gasteiger partial charge in [-0.15, -0.1) is 0 Å². The molecule has 3 aromatic rings. The molecule has 0 saturated heterocycles. The van der Waals surface area contributed by atoms with Gasteiger partial charge >= 0.3 is 0 Å². The Kier molecular flexibility index (Phi) is 8.20. The van der Waals surface area contributed by atoms with Gasteiger partial charge in [0.1, 0.15) is 5.75 Å². The van der Waals surface area contributed by atoms with E-state index in [1.807, 2.05) is 0 Å². The summed E-state index contributed by atoms with van der Waals surface area (Å²) >= 11 is 0. The van der Waals surface area contributed by atoms with Crippen LogP contribution in [-0.4, -0.2) is 45.9 Å². The summed E-state index contributed by atoms with van der Waals surface area (Å²) in [4.78, 5) is 28.4. The van der Waals surface area contributed by atoms with Crippen LogP contribution in [0, 0.1) is 0 Å². The molecule has 0 saturated carbocycles. The topological polar surface area (TPSA) is 118 Å². The van der Waals surface area contributed by atoms with E-state index in [9.17, 15) is 18.0 Å². The molecule has 0 radical (unpaired) electrons. The molecule has 3 rings (SSSR count). The number of sulfonamides is 1. The Bertz CT molecular complexity index is 1230. The van der Waals surface area contributed by atoms with Crippen molar-refractivity contribution in [2.75, 3.05) is 25.0 Å². The minimum Gasteiger partial charge on any atom is -0.497 e. The van der Waals surface area contributed by atoms with Crippen LogP contribution in [-0.2, 0) is 21.4 Å². The van der Waals surface area contributed by atoms with Crippen molar-refractivity contribution >= 4 is 27.5 Å². The maximum absolute atomic E-state index is 13.1. The fourth-order valence-electron chi connectivity index (χ4n) is 3.07. The number of rotatable bonds is 10. The number of pyridine rings is 1. The van der Waals surface area contributed by atoms with Gasteiger partial charge in [-0.3, -0.25) is 18.9 Å². The zero-order valence-electron chi connectivity index (χ0n) is 18.9. The predicted octanol–water partition coefficient (Wildman–Crippen LogP) is 2.35. The molecule has 0 bridgehead atoms. The van der Waals surface area contributed by atoms with Crippen molar-refractivity contribution in [1.82, 2.24) is 15.6 Å². The summed E-state index contributed by atoms with van der Waals surface area (Å²) in [5, 5.41) is 5.41. The molecule has 34 heavy (non-hydrogen) atoms. The number of amides is 2. The quantitative estimate of drug-likeness (QED) is 0.458. The molecule has 2 amide bonds. The number of hydrogen-bond acceptors (Lipinski definition) is 6. The molecule has 0 spiro atoms. The maximum atomic E-state index is 13.1. The Morgan fingerprint density at radius 1 is 1.00 bits per heavy atom. The van der Waals surface area contributed by atoms with Crippen LogP contribution in [0.1, 0.15) is 22.3 Å². The highest BCUT2D eigenvalue weighted by Gasteiger charge is 2.22. The van der Waals surface area contributed by atoms with Gasteiger partial charge in [0.05, 0.1) is 17.7 Å². The third kappa shape index (κ3) is 6.32. The van der Waals surface area contributed by atoms with Crippen molar-refractivity contribution in [2.45, 2.75) is 17.9 Å². The lowest BCUT2D eigenvalue weighted by Gasteiger charge is -2.20. The fourth-order valence-corrected chi connectivity index (χ4v) is 4.31. The molecule has 178 valence electrons. The zero-order valence-corrected chi connectivity index (χ0v) is 19.7.